The summed E-state index contributed by atoms with van der Waals surface area (Å²) in [6.45, 7) is 0.185. The summed E-state index contributed by atoms with van der Waals surface area (Å²) in [4.78, 5) is 19.5. The maximum atomic E-state index is 13.4. The zero-order chi connectivity index (χ0) is 25.8. The standard InChI is InChI=1S/C28H19ClFN3O4/c29-23-14-20(5-9-26(23)36-15-17-2-1-3-19(30)12-17)33-28-22-13-18(4-8-24(22)31-16-32-28)25-10-6-21(37-25)7-11-27(34)35/h1-14,16H,15H2,(H,34,35)(H,31,32,33)/b11-7+. The predicted octanol–water partition coefficient (Wildman–Crippen LogP) is 7.10. The topological polar surface area (TPSA) is 97.5 Å². The van der Waals surface area contributed by atoms with Crippen LogP contribution in [0.2, 0.25) is 5.02 Å². The Kier molecular flexibility index (Phi) is 6.83. The van der Waals surface area contributed by atoms with Gasteiger partial charge in [-0.25, -0.2) is 19.2 Å². The fourth-order valence-corrected chi connectivity index (χ4v) is 3.92. The van der Waals surface area contributed by atoms with Gasteiger partial charge < -0.3 is 19.6 Å². The van der Waals surface area contributed by atoms with Crippen LogP contribution in [0.4, 0.5) is 15.9 Å². The van der Waals surface area contributed by atoms with Crippen LogP contribution in [0.15, 0.2) is 89.6 Å². The number of anilines is 2. The number of carboxylic acids is 1. The maximum Gasteiger partial charge on any atom is 0.328 e. The molecule has 5 aromatic rings. The molecule has 3 aromatic carbocycles. The number of aliphatic carboxylic acids is 1. The highest BCUT2D eigenvalue weighted by Gasteiger charge is 2.11. The van der Waals surface area contributed by atoms with E-state index in [0.29, 0.717) is 39.4 Å². The molecule has 2 heterocycles. The van der Waals surface area contributed by atoms with Gasteiger partial charge in [-0.3, -0.25) is 0 Å². The molecule has 37 heavy (non-hydrogen) atoms. The van der Waals surface area contributed by atoms with Gasteiger partial charge in [0.1, 0.15) is 41.8 Å². The Morgan fingerprint density at radius 2 is 1.97 bits per heavy atom. The minimum atomic E-state index is -1.05. The average Bonchev–Trinajstić information content (AvgIpc) is 3.36. The Hall–Kier alpha value is -4.69. The number of ether oxygens (including phenoxy) is 1. The Bertz CT molecular complexity index is 1630. The molecule has 0 atom stereocenters. The molecule has 2 N–H and O–H groups in total. The Morgan fingerprint density at radius 1 is 1.08 bits per heavy atom. The number of nitrogens with zero attached hydrogens (tertiary/aromatic N) is 2. The second-order valence-electron chi connectivity index (χ2n) is 8.02. The van der Waals surface area contributed by atoms with Gasteiger partial charge in [-0.2, -0.15) is 0 Å². The summed E-state index contributed by atoms with van der Waals surface area (Å²) in [6, 6.07) is 20.5. The van der Waals surface area contributed by atoms with Gasteiger partial charge in [0.15, 0.2) is 0 Å². The van der Waals surface area contributed by atoms with Gasteiger partial charge in [0.25, 0.3) is 0 Å². The number of furan rings is 1. The fraction of sp³-hybridized carbons (Fsp3) is 0.0357. The van der Waals surface area contributed by atoms with Gasteiger partial charge in [-0.1, -0.05) is 23.7 Å². The largest absolute Gasteiger partial charge is 0.487 e. The van der Waals surface area contributed by atoms with Crippen molar-refractivity contribution in [2.75, 3.05) is 5.32 Å². The van der Waals surface area contributed by atoms with Gasteiger partial charge in [0, 0.05) is 22.7 Å². The van der Waals surface area contributed by atoms with Gasteiger partial charge in [-0.05, 0) is 72.3 Å². The second-order valence-corrected chi connectivity index (χ2v) is 8.42. The molecule has 9 heteroatoms. The van der Waals surface area contributed by atoms with Gasteiger partial charge in [0.05, 0.1) is 10.5 Å². The van der Waals surface area contributed by atoms with E-state index < -0.39 is 5.97 Å². The second kappa shape index (κ2) is 10.5. The number of hydrogen-bond donors (Lipinski definition) is 2. The van der Waals surface area contributed by atoms with Crippen LogP contribution in [0.25, 0.3) is 28.3 Å². The van der Waals surface area contributed by atoms with E-state index >= 15 is 0 Å². The van der Waals surface area contributed by atoms with Crippen LogP contribution in [-0.2, 0) is 11.4 Å². The lowest BCUT2D eigenvalue weighted by Crippen LogP contribution is -1.98. The van der Waals surface area contributed by atoms with Crippen molar-refractivity contribution in [3.05, 3.63) is 107 Å². The van der Waals surface area contributed by atoms with Gasteiger partial charge in [-0.15, -0.1) is 0 Å². The van der Waals surface area contributed by atoms with E-state index in [9.17, 15) is 9.18 Å². The average molecular weight is 516 g/mol. The first-order valence-corrected chi connectivity index (χ1v) is 11.5. The molecule has 0 spiro atoms. The molecule has 0 amide bonds. The van der Waals surface area contributed by atoms with Crippen LogP contribution in [-0.4, -0.2) is 21.0 Å². The number of hydrogen-bond acceptors (Lipinski definition) is 6. The van der Waals surface area contributed by atoms with E-state index in [1.807, 2.05) is 18.2 Å². The van der Waals surface area contributed by atoms with Crippen LogP contribution >= 0.6 is 11.6 Å². The lowest BCUT2D eigenvalue weighted by Gasteiger charge is -2.12. The minimum absolute atomic E-state index is 0.185. The molecule has 0 aliphatic heterocycles. The number of carboxylic acid groups (broad SMARTS) is 1. The van der Waals surface area contributed by atoms with Crippen molar-refractivity contribution in [2.45, 2.75) is 6.61 Å². The summed E-state index contributed by atoms with van der Waals surface area (Å²) >= 11 is 6.44. The summed E-state index contributed by atoms with van der Waals surface area (Å²) < 4.78 is 24.9. The first kappa shape index (κ1) is 24.0. The minimum Gasteiger partial charge on any atom is -0.487 e. The third kappa shape index (κ3) is 5.76. The van der Waals surface area contributed by atoms with E-state index in [1.165, 1.54) is 24.5 Å². The Balaban J connectivity index is 1.36. The molecule has 184 valence electrons. The number of fused-ring (bicyclic) bond motifs is 1. The lowest BCUT2D eigenvalue weighted by atomic mass is 10.1. The fourth-order valence-electron chi connectivity index (χ4n) is 3.68. The molecule has 2 aromatic heterocycles. The molecule has 0 bridgehead atoms. The predicted molar refractivity (Wildman–Crippen MR) is 139 cm³/mol. The number of aromatic nitrogens is 2. The first-order valence-electron chi connectivity index (χ1n) is 11.1. The Labute approximate surface area is 215 Å². The summed E-state index contributed by atoms with van der Waals surface area (Å²) in [5.74, 6) is 0.655. The number of nitrogens with one attached hydrogen (secondary N) is 1. The monoisotopic (exact) mass is 515 g/mol. The number of benzene rings is 3. The molecule has 0 saturated heterocycles. The number of rotatable bonds is 8. The van der Waals surface area contributed by atoms with Crippen molar-refractivity contribution in [3.63, 3.8) is 0 Å². The molecule has 0 aliphatic carbocycles. The zero-order valence-corrected chi connectivity index (χ0v) is 19.9. The highest BCUT2D eigenvalue weighted by atomic mass is 35.5. The van der Waals surface area contributed by atoms with Crippen molar-refractivity contribution < 1.29 is 23.4 Å². The van der Waals surface area contributed by atoms with E-state index in [4.69, 9.17) is 25.9 Å². The number of halogens is 2. The van der Waals surface area contributed by atoms with Crippen LogP contribution in [0.1, 0.15) is 11.3 Å². The molecule has 7 nitrogen and oxygen atoms in total. The van der Waals surface area contributed by atoms with Gasteiger partial charge >= 0.3 is 5.97 Å². The Morgan fingerprint density at radius 3 is 2.78 bits per heavy atom. The van der Waals surface area contributed by atoms with Crippen LogP contribution in [0, 0.1) is 5.82 Å². The third-order valence-electron chi connectivity index (χ3n) is 5.41. The highest BCUT2D eigenvalue weighted by Crippen LogP contribution is 2.33. The van der Waals surface area contributed by atoms with Gasteiger partial charge in [0.2, 0.25) is 0 Å². The smallest absolute Gasteiger partial charge is 0.328 e. The number of carbonyl (C=O) groups is 1. The summed E-state index contributed by atoms with van der Waals surface area (Å²) in [7, 11) is 0. The first-order chi connectivity index (χ1) is 17.9. The third-order valence-corrected chi connectivity index (χ3v) is 5.71. The molecule has 5 rings (SSSR count). The summed E-state index contributed by atoms with van der Waals surface area (Å²) in [6.07, 6.45) is 3.87. The van der Waals surface area contributed by atoms with Crippen molar-refractivity contribution >= 4 is 46.1 Å². The van der Waals surface area contributed by atoms with E-state index in [2.05, 4.69) is 15.3 Å². The lowest BCUT2D eigenvalue weighted by molar-refractivity contribution is -0.131. The van der Waals surface area contributed by atoms with Crippen molar-refractivity contribution in [3.8, 4) is 17.1 Å². The van der Waals surface area contributed by atoms with Crippen molar-refractivity contribution in [1.29, 1.82) is 0 Å². The van der Waals surface area contributed by atoms with E-state index in [1.54, 1.807) is 42.5 Å². The van der Waals surface area contributed by atoms with Crippen LogP contribution < -0.4 is 10.1 Å². The zero-order valence-electron chi connectivity index (χ0n) is 19.2. The maximum absolute atomic E-state index is 13.4. The highest BCUT2D eigenvalue weighted by molar-refractivity contribution is 6.32. The summed E-state index contributed by atoms with van der Waals surface area (Å²) in [5, 5.41) is 13.2. The SMILES string of the molecule is O=C(O)/C=C/c1ccc(-c2ccc3ncnc(Nc4ccc(OCc5cccc(F)c5)c(Cl)c4)c3c2)o1. The van der Waals surface area contributed by atoms with E-state index in [0.717, 1.165) is 22.5 Å². The van der Waals surface area contributed by atoms with Crippen molar-refractivity contribution in [1.82, 2.24) is 9.97 Å². The molecule has 0 aliphatic rings. The molecular formula is C28H19ClFN3O4. The molecule has 0 fully saturated rings. The molecule has 0 radical (unpaired) electrons. The van der Waals surface area contributed by atoms with Crippen molar-refractivity contribution in [2.24, 2.45) is 0 Å². The van der Waals surface area contributed by atoms with E-state index in [-0.39, 0.29) is 12.4 Å². The quantitative estimate of drug-likeness (QED) is 0.213. The van der Waals surface area contributed by atoms with Crippen LogP contribution in [0.3, 0.4) is 0 Å². The normalized spacial score (nSPS) is 11.2. The molecule has 0 saturated carbocycles. The molecular weight excluding hydrogens is 497 g/mol. The van der Waals surface area contributed by atoms with Crippen LogP contribution in [0.5, 0.6) is 5.75 Å². The summed E-state index contributed by atoms with van der Waals surface area (Å²) in [5.41, 5.74) is 2.88. The molecule has 0 unspecified atom stereocenters.